The molecule has 0 bridgehead atoms. The van der Waals surface area contributed by atoms with E-state index in [1.807, 2.05) is 43.3 Å². The third kappa shape index (κ3) is 4.81. The zero-order chi connectivity index (χ0) is 21.7. The molecule has 0 saturated carbocycles. The molecule has 3 aromatic rings. The Morgan fingerprint density at radius 2 is 1.77 bits per heavy atom. The lowest BCUT2D eigenvalue weighted by Gasteiger charge is -2.15. The van der Waals surface area contributed by atoms with E-state index in [0.717, 1.165) is 15.8 Å². The molecule has 0 aliphatic rings. The highest BCUT2D eigenvalue weighted by atomic mass is 16.2. The van der Waals surface area contributed by atoms with Crippen LogP contribution < -0.4 is 16.2 Å². The van der Waals surface area contributed by atoms with Crippen LogP contribution in [0.5, 0.6) is 0 Å². The Kier molecular flexibility index (Phi) is 6.41. The topological polar surface area (TPSA) is 93.1 Å². The molecule has 1 heterocycles. The largest absolute Gasteiger partial charge is 0.326 e. The summed E-state index contributed by atoms with van der Waals surface area (Å²) in [5.74, 6) is -0.424. The van der Waals surface area contributed by atoms with Gasteiger partial charge in [-0.15, -0.1) is 0 Å². The van der Waals surface area contributed by atoms with Crippen LogP contribution in [0.1, 0.15) is 31.9 Å². The van der Waals surface area contributed by atoms with E-state index in [2.05, 4.69) is 15.7 Å². The van der Waals surface area contributed by atoms with Gasteiger partial charge in [0.2, 0.25) is 11.8 Å². The number of carbonyl (C=O) groups is 2. The quantitative estimate of drug-likeness (QED) is 0.654. The van der Waals surface area contributed by atoms with E-state index in [9.17, 15) is 14.4 Å². The van der Waals surface area contributed by atoms with Crippen molar-refractivity contribution in [3.63, 3.8) is 0 Å². The van der Waals surface area contributed by atoms with Crippen molar-refractivity contribution in [3.8, 4) is 11.3 Å². The third-order valence-corrected chi connectivity index (χ3v) is 4.74. The van der Waals surface area contributed by atoms with Crippen molar-refractivity contribution >= 4 is 23.2 Å². The van der Waals surface area contributed by atoms with E-state index >= 15 is 0 Å². The summed E-state index contributed by atoms with van der Waals surface area (Å²) in [7, 11) is 0. The second-order valence-corrected chi connectivity index (χ2v) is 6.96. The number of aromatic nitrogens is 2. The van der Waals surface area contributed by atoms with Crippen molar-refractivity contribution in [2.45, 2.75) is 33.2 Å². The molecular formula is C23H24N4O3. The molecule has 2 amide bonds. The van der Waals surface area contributed by atoms with Gasteiger partial charge in [0.05, 0.1) is 5.69 Å². The van der Waals surface area contributed by atoms with Gasteiger partial charge in [0, 0.05) is 29.4 Å². The molecule has 0 fully saturated rings. The number of nitrogens with zero attached hydrogens (tertiary/aromatic N) is 2. The lowest BCUT2D eigenvalue weighted by molar-refractivity contribution is -0.119. The molecular weight excluding hydrogens is 380 g/mol. The van der Waals surface area contributed by atoms with Gasteiger partial charge in [0.25, 0.3) is 5.56 Å². The molecule has 0 aliphatic heterocycles. The zero-order valence-corrected chi connectivity index (χ0v) is 17.2. The van der Waals surface area contributed by atoms with Gasteiger partial charge in [-0.05, 0) is 43.7 Å². The van der Waals surface area contributed by atoms with Crippen LogP contribution in [0.2, 0.25) is 0 Å². The summed E-state index contributed by atoms with van der Waals surface area (Å²) >= 11 is 0. The van der Waals surface area contributed by atoms with Crippen molar-refractivity contribution in [1.82, 2.24) is 9.78 Å². The molecule has 1 atom stereocenters. The number of nitrogens with one attached hydrogen (secondary N) is 2. The summed E-state index contributed by atoms with van der Waals surface area (Å²) in [6, 6.07) is 16.8. The molecule has 1 aromatic heterocycles. The predicted molar refractivity (Wildman–Crippen MR) is 117 cm³/mol. The number of hydrogen-bond acceptors (Lipinski definition) is 4. The molecule has 0 unspecified atom stereocenters. The molecule has 0 aliphatic carbocycles. The van der Waals surface area contributed by atoms with Gasteiger partial charge < -0.3 is 10.6 Å². The molecule has 0 saturated heterocycles. The molecule has 154 valence electrons. The Hall–Kier alpha value is -3.74. The fourth-order valence-corrected chi connectivity index (χ4v) is 2.89. The van der Waals surface area contributed by atoms with Gasteiger partial charge in [-0.2, -0.15) is 5.10 Å². The fraction of sp³-hybridized carbons (Fsp3) is 0.217. The average molecular weight is 404 g/mol. The first kappa shape index (κ1) is 21.0. The maximum absolute atomic E-state index is 12.6. The van der Waals surface area contributed by atoms with E-state index < -0.39 is 6.04 Å². The van der Waals surface area contributed by atoms with Crippen molar-refractivity contribution in [1.29, 1.82) is 0 Å². The smallest absolute Gasteiger partial charge is 0.267 e. The minimum absolute atomic E-state index is 0.0839. The summed E-state index contributed by atoms with van der Waals surface area (Å²) in [6.07, 6.45) is 0.376. The van der Waals surface area contributed by atoms with Crippen LogP contribution in [0, 0.1) is 6.92 Å². The van der Waals surface area contributed by atoms with Crippen molar-refractivity contribution < 1.29 is 9.59 Å². The van der Waals surface area contributed by atoms with Crippen LogP contribution in [-0.2, 0) is 9.59 Å². The molecule has 0 radical (unpaired) electrons. The monoisotopic (exact) mass is 404 g/mol. The van der Waals surface area contributed by atoms with Crippen LogP contribution in [-0.4, -0.2) is 21.6 Å². The van der Waals surface area contributed by atoms with Crippen LogP contribution >= 0.6 is 0 Å². The van der Waals surface area contributed by atoms with Gasteiger partial charge in [-0.3, -0.25) is 14.4 Å². The Bertz CT molecular complexity index is 1120. The molecule has 7 heteroatoms. The number of para-hydroxylation sites is 1. The molecule has 2 aromatic carbocycles. The molecule has 30 heavy (non-hydrogen) atoms. The van der Waals surface area contributed by atoms with Crippen molar-refractivity contribution in [2.24, 2.45) is 0 Å². The summed E-state index contributed by atoms with van der Waals surface area (Å²) in [5.41, 5.74) is 3.14. The normalized spacial score (nSPS) is 11.6. The number of rotatable bonds is 6. The van der Waals surface area contributed by atoms with Gasteiger partial charge in [0.15, 0.2) is 0 Å². The van der Waals surface area contributed by atoms with E-state index in [4.69, 9.17) is 0 Å². The highest BCUT2D eigenvalue weighted by Crippen LogP contribution is 2.24. The predicted octanol–water partition coefficient (Wildman–Crippen LogP) is 3.77. The van der Waals surface area contributed by atoms with E-state index in [0.29, 0.717) is 23.5 Å². The first-order valence-electron chi connectivity index (χ1n) is 9.75. The van der Waals surface area contributed by atoms with Crippen molar-refractivity contribution in [3.05, 3.63) is 76.6 Å². The fourth-order valence-electron chi connectivity index (χ4n) is 2.89. The third-order valence-electron chi connectivity index (χ3n) is 4.74. The van der Waals surface area contributed by atoms with Gasteiger partial charge in [-0.25, -0.2) is 4.68 Å². The van der Waals surface area contributed by atoms with Crippen LogP contribution in [0.4, 0.5) is 11.4 Å². The Balaban J connectivity index is 1.90. The van der Waals surface area contributed by atoms with E-state index in [1.165, 1.54) is 6.07 Å². The second kappa shape index (κ2) is 9.17. The highest BCUT2D eigenvalue weighted by molar-refractivity contribution is 5.93. The first-order chi connectivity index (χ1) is 14.4. The van der Waals surface area contributed by atoms with E-state index in [1.54, 1.807) is 32.0 Å². The minimum Gasteiger partial charge on any atom is -0.326 e. The Morgan fingerprint density at radius 1 is 1.03 bits per heavy atom. The average Bonchev–Trinajstić information content (AvgIpc) is 2.75. The first-order valence-corrected chi connectivity index (χ1v) is 9.75. The van der Waals surface area contributed by atoms with Crippen molar-refractivity contribution in [2.75, 3.05) is 10.6 Å². The number of hydrogen-bond donors (Lipinski definition) is 2. The van der Waals surface area contributed by atoms with Gasteiger partial charge in [0.1, 0.15) is 6.04 Å². The summed E-state index contributed by atoms with van der Waals surface area (Å²) in [6.45, 7) is 5.31. The zero-order valence-electron chi connectivity index (χ0n) is 17.2. The molecule has 0 spiro atoms. The molecule has 7 nitrogen and oxygen atoms in total. The maximum atomic E-state index is 12.6. The van der Waals surface area contributed by atoms with Crippen LogP contribution in [0.25, 0.3) is 11.3 Å². The molecule has 2 N–H and O–H groups in total. The van der Waals surface area contributed by atoms with Crippen LogP contribution in [0.3, 0.4) is 0 Å². The number of anilines is 2. The standard InChI is InChI=1S/C23H24N4O3/c1-4-21(28)25-20-14-17(11-10-15(20)2)19-12-13-22(29)27(26-19)16(3)23(30)24-18-8-6-5-7-9-18/h5-14,16H,4H2,1-3H3,(H,24,30)(H,25,28)/t16-/m1/s1. The summed E-state index contributed by atoms with van der Waals surface area (Å²) < 4.78 is 1.16. The number of carbonyl (C=O) groups excluding carboxylic acids is 2. The number of amides is 2. The lowest BCUT2D eigenvalue weighted by atomic mass is 10.1. The number of benzene rings is 2. The summed E-state index contributed by atoms with van der Waals surface area (Å²) in [5, 5.41) is 10.1. The SMILES string of the molecule is CCC(=O)Nc1cc(-c2ccc(=O)n([C@H](C)C(=O)Nc3ccccc3)n2)ccc1C. The maximum Gasteiger partial charge on any atom is 0.267 e. The Morgan fingerprint density at radius 3 is 2.47 bits per heavy atom. The van der Waals surface area contributed by atoms with Gasteiger partial charge in [-0.1, -0.05) is 37.3 Å². The van der Waals surface area contributed by atoms with Gasteiger partial charge >= 0.3 is 0 Å². The second-order valence-electron chi connectivity index (χ2n) is 6.96. The minimum atomic E-state index is -0.803. The van der Waals surface area contributed by atoms with Crippen LogP contribution in [0.15, 0.2) is 65.5 Å². The lowest BCUT2D eigenvalue weighted by Crippen LogP contribution is -2.33. The van der Waals surface area contributed by atoms with E-state index in [-0.39, 0.29) is 17.4 Å². The highest BCUT2D eigenvalue weighted by Gasteiger charge is 2.18. The Labute approximate surface area is 174 Å². The number of aryl methyl sites for hydroxylation is 1. The molecule has 3 rings (SSSR count). The summed E-state index contributed by atoms with van der Waals surface area (Å²) in [4.78, 5) is 36.8.